The van der Waals surface area contributed by atoms with Crippen molar-refractivity contribution in [2.24, 2.45) is 0 Å². The topological polar surface area (TPSA) is 12.9 Å². The molecule has 0 saturated heterocycles. The molecule has 0 fully saturated rings. The molecule has 6 rings (SSSR count). The summed E-state index contributed by atoms with van der Waals surface area (Å²) in [6.07, 6.45) is 1.93. The zero-order valence-electron chi connectivity index (χ0n) is 11.8. The maximum atomic E-state index is 4.73. The van der Waals surface area contributed by atoms with Gasteiger partial charge in [-0.2, -0.15) is 0 Å². The third-order valence-corrected chi connectivity index (χ3v) is 4.99. The van der Waals surface area contributed by atoms with Gasteiger partial charge >= 0.3 is 0 Å². The van der Waals surface area contributed by atoms with E-state index in [0.717, 1.165) is 5.52 Å². The first-order valence-electron chi connectivity index (χ1n) is 7.58. The zero-order chi connectivity index (χ0) is 14.3. The molecule has 100 valence electrons. The van der Waals surface area contributed by atoms with E-state index in [1.165, 1.54) is 48.5 Å². The Morgan fingerprint density at radius 1 is 0.500 bits per heavy atom. The minimum absolute atomic E-state index is 1.12. The van der Waals surface area contributed by atoms with Crippen LogP contribution < -0.4 is 0 Å². The summed E-state index contributed by atoms with van der Waals surface area (Å²) in [5.41, 5.74) is 1.12. The van der Waals surface area contributed by atoms with E-state index in [0.29, 0.717) is 0 Å². The van der Waals surface area contributed by atoms with Gasteiger partial charge in [-0.05, 0) is 38.4 Å². The van der Waals surface area contributed by atoms with Gasteiger partial charge in [0.15, 0.2) is 0 Å². The molecule has 0 saturated carbocycles. The fraction of sp³-hybridized carbons (Fsp3) is 0. The molecule has 1 heteroatoms. The Bertz CT molecular complexity index is 1200. The minimum atomic E-state index is 1.12. The molecule has 1 heterocycles. The van der Waals surface area contributed by atoms with Crippen LogP contribution in [0, 0.1) is 0 Å². The quantitative estimate of drug-likeness (QED) is 0.255. The Labute approximate surface area is 126 Å². The van der Waals surface area contributed by atoms with Crippen LogP contribution in [0.4, 0.5) is 0 Å². The number of rotatable bonds is 0. The second kappa shape index (κ2) is 3.45. The van der Waals surface area contributed by atoms with Gasteiger partial charge in [-0.25, -0.2) is 0 Å². The van der Waals surface area contributed by atoms with Crippen molar-refractivity contribution in [2.45, 2.75) is 0 Å². The van der Waals surface area contributed by atoms with E-state index in [9.17, 15) is 0 Å². The standard InChI is InChI=1S/C21H11N/c1-2-12-4-5-13-6-7-14-8-9-15-10-11-22-21-16(3-1)17(12)18(13)19(14)20(15)21/h1-11H. The number of pyridine rings is 1. The van der Waals surface area contributed by atoms with Crippen LogP contribution in [-0.2, 0) is 0 Å². The number of hydrogen-bond acceptors (Lipinski definition) is 1. The van der Waals surface area contributed by atoms with Crippen LogP contribution in [0.5, 0.6) is 0 Å². The molecule has 1 aromatic heterocycles. The summed E-state index contributed by atoms with van der Waals surface area (Å²) in [5, 5.41) is 11.9. The molecule has 0 unspecified atom stereocenters. The first-order valence-corrected chi connectivity index (χ1v) is 7.58. The first-order chi connectivity index (χ1) is 10.9. The predicted octanol–water partition coefficient (Wildman–Crippen LogP) is 5.72. The molecule has 0 bridgehead atoms. The Balaban J connectivity index is 2.21. The highest BCUT2D eigenvalue weighted by molar-refractivity contribution is 6.38. The largest absolute Gasteiger partial charge is 0.256 e. The van der Waals surface area contributed by atoms with Gasteiger partial charge in [0.25, 0.3) is 0 Å². The molecule has 22 heavy (non-hydrogen) atoms. The summed E-state index contributed by atoms with van der Waals surface area (Å²) in [6, 6.07) is 22.0. The third-order valence-electron chi connectivity index (χ3n) is 4.99. The molecule has 0 spiro atoms. The lowest BCUT2D eigenvalue weighted by molar-refractivity contribution is 1.44. The molecular weight excluding hydrogens is 266 g/mol. The molecular formula is C21H11N. The molecule has 5 aromatic carbocycles. The summed E-state index contributed by atoms with van der Waals surface area (Å²) in [7, 11) is 0. The highest BCUT2D eigenvalue weighted by atomic mass is 14.7. The van der Waals surface area contributed by atoms with Crippen molar-refractivity contribution in [3.8, 4) is 0 Å². The normalized spacial score (nSPS) is 12.5. The number of fused-ring (bicyclic) bond motifs is 1. The highest BCUT2D eigenvalue weighted by Gasteiger charge is 2.16. The number of hydrogen-bond donors (Lipinski definition) is 0. The number of aromatic nitrogens is 1. The van der Waals surface area contributed by atoms with Gasteiger partial charge in [-0.1, -0.05) is 54.6 Å². The van der Waals surface area contributed by atoms with Gasteiger partial charge in [0.2, 0.25) is 0 Å². The van der Waals surface area contributed by atoms with Gasteiger partial charge in [-0.15, -0.1) is 0 Å². The Hall–Kier alpha value is -2.93. The Kier molecular flexibility index (Phi) is 1.69. The fourth-order valence-corrected chi connectivity index (χ4v) is 4.08. The highest BCUT2D eigenvalue weighted by Crippen LogP contribution is 2.43. The predicted molar refractivity (Wildman–Crippen MR) is 94.1 cm³/mol. The maximum Gasteiger partial charge on any atom is 0.0793 e. The van der Waals surface area contributed by atoms with Crippen LogP contribution in [0.2, 0.25) is 0 Å². The van der Waals surface area contributed by atoms with Crippen molar-refractivity contribution in [2.75, 3.05) is 0 Å². The van der Waals surface area contributed by atoms with E-state index in [2.05, 4.69) is 60.7 Å². The van der Waals surface area contributed by atoms with Gasteiger partial charge in [0.05, 0.1) is 5.52 Å². The van der Waals surface area contributed by atoms with E-state index in [-0.39, 0.29) is 0 Å². The molecule has 0 radical (unpaired) electrons. The molecule has 0 amide bonds. The lowest BCUT2D eigenvalue weighted by Gasteiger charge is -2.16. The fourth-order valence-electron chi connectivity index (χ4n) is 4.08. The molecule has 0 atom stereocenters. The maximum absolute atomic E-state index is 4.73. The smallest absolute Gasteiger partial charge is 0.0793 e. The van der Waals surface area contributed by atoms with E-state index in [1.54, 1.807) is 0 Å². The number of benzene rings is 5. The van der Waals surface area contributed by atoms with Crippen LogP contribution in [-0.4, -0.2) is 4.98 Å². The lowest BCUT2D eigenvalue weighted by Crippen LogP contribution is -1.91. The van der Waals surface area contributed by atoms with E-state index in [1.807, 2.05) is 6.20 Å². The monoisotopic (exact) mass is 277 g/mol. The van der Waals surface area contributed by atoms with E-state index >= 15 is 0 Å². The number of nitrogens with zero attached hydrogens (tertiary/aromatic N) is 1. The van der Waals surface area contributed by atoms with Crippen molar-refractivity contribution in [3.63, 3.8) is 0 Å². The third kappa shape index (κ3) is 1.07. The van der Waals surface area contributed by atoms with Crippen molar-refractivity contribution >= 4 is 54.0 Å². The summed E-state index contributed by atoms with van der Waals surface area (Å²) in [4.78, 5) is 4.73. The van der Waals surface area contributed by atoms with Gasteiger partial charge < -0.3 is 0 Å². The second-order valence-electron chi connectivity index (χ2n) is 6.05. The zero-order valence-corrected chi connectivity index (χ0v) is 11.8. The first kappa shape index (κ1) is 10.7. The van der Waals surface area contributed by atoms with Crippen molar-refractivity contribution in [1.29, 1.82) is 0 Å². The summed E-state index contributed by atoms with van der Waals surface area (Å²) in [6.45, 7) is 0. The molecule has 1 nitrogen and oxygen atoms in total. The molecule has 0 N–H and O–H groups in total. The van der Waals surface area contributed by atoms with Crippen LogP contribution in [0.25, 0.3) is 54.0 Å². The molecule has 0 aliphatic carbocycles. The average Bonchev–Trinajstić information content (AvgIpc) is 2.59. The summed E-state index contributed by atoms with van der Waals surface area (Å²) in [5.74, 6) is 0. The van der Waals surface area contributed by atoms with E-state index < -0.39 is 0 Å². The van der Waals surface area contributed by atoms with Gasteiger partial charge in [0.1, 0.15) is 0 Å². The Morgan fingerprint density at radius 3 is 1.82 bits per heavy atom. The summed E-state index contributed by atoms with van der Waals surface area (Å²) >= 11 is 0. The van der Waals surface area contributed by atoms with Gasteiger partial charge in [-0.3, -0.25) is 4.98 Å². The molecule has 0 aliphatic heterocycles. The summed E-state index contributed by atoms with van der Waals surface area (Å²) < 4.78 is 0. The molecule has 6 aromatic rings. The van der Waals surface area contributed by atoms with Crippen molar-refractivity contribution in [1.82, 2.24) is 4.98 Å². The minimum Gasteiger partial charge on any atom is -0.256 e. The van der Waals surface area contributed by atoms with E-state index in [4.69, 9.17) is 4.98 Å². The van der Waals surface area contributed by atoms with Crippen LogP contribution in [0.3, 0.4) is 0 Å². The van der Waals surface area contributed by atoms with Gasteiger partial charge in [0, 0.05) is 22.4 Å². The second-order valence-corrected chi connectivity index (χ2v) is 6.05. The van der Waals surface area contributed by atoms with Crippen LogP contribution >= 0.6 is 0 Å². The lowest BCUT2D eigenvalue weighted by atomic mass is 9.88. The SMILES string of the molecule is c1cc2ccc3ccc4ccc5ccnc6c(c1)c2c3c4c56. The van der Waals surface area contributed by atoms with Crippen LogP contribution in [0.15, 0.2) is 66.9 Å². The molecule has 0 aliphatic rings. The Morgan fingerprint density at radius 2 is 1.09 bits per heavy atom. The average molecular weight is 277 g/mol. The van der Waals surface area contributed by atoms with Crippen molar-refractivity contribution < 1.29 is 0 Å². The van der Waals surface area contributed by atoms with Crippen LogP contribution in [0.1, 0.15) is 0 Å². The van der Waals surface area contributed by atoms with Crippen molar-refractivity contribution in [3.05, 3.63) is 66.9 Å².